The van der Waals surface area contributed by atoms with Crippen molar-refractivity contribution in [3.63, 3.8) is 0 Å². The second kappa shape index (κ2) is 10.1. The van der Waals surface area contributed by atoms with Crippen molar-refractivity contribution in [1.29, 1.82) is 0 Å². The van der Waals surface area contributed by atoms with Gasteiger partial charge in [-0.3, -0.25) is 14.4 Å². The first-order chi connectivity index (χ1) is 14.8. The molecule has 0 saturated carbocycles. The van der Waals surface area contributed by atoms with Gasteiger partial charge in [0.1, 0.15) is 24.4 Å². The van der Waals surface area contributed by atoms with Crippen molar-refractivity contribution in [3.8, 4) is 5.75 Å². The Morgan fingerprint density at radius 2 is 1.87 bits per heavy atom. The van der Waals surface area contributed by atoms with Gasteiger partial charge in [0.05, 0.1) is 6.10 Å². The fraction of sp³-hybridized carbons (Fsp3) is 0.348. The van der Waals surface area contributed by atoms with Gasteiger partial charge in [-0.2, -0.15) is 0 Å². The van der Waals surface area contributed by atoms with Gasteiger partial charge in [0.25, 0.3) is 0 Å². The molecule has 1 saturated heterocycles. The molecule has 0 aliphatic carbocycles. The van der Waals surface area contributed by atoms with E-state index < -0.39 is 30.0 Å². The molecule has 1 heterocycles. The van der Waals surface area contributed by atoms with Crippen molar-refractivity contribution < 1.29 is 24.2 Å². The molecule has 1 aliphatic rings. The number of aliphatic hydroxyl groups excluding tert-OH is 1. The number of nitrogens with two attached hydrogens (primary N) is 1. The van der Waals surface area contributed by atoms with Crippen molar-refractivity contribution in [2.75, 3.05) is 6.54 Å². The van der Waals surface area contributed by atoms with E-state index in [0.29, 0.717) is 12.4 Å². The minimum absolute atomic E-state index is 0.0927. The highest BCUT2D eigenvalue weighted by Crippen LogP contribution is 2.19. The van der Waals surface area contributed by atoms with E-state index >= 15 is 0 Å². The quantitative estimate of drug-likeness (QED) is 0.576. The molecule has 2 aromatic rings. The maximum absolute atomic E-state index is 12.7. The number of hydrogen-bond acceptors (Lipinski definition) is 5. The molecule has 0 bridgehead atoms. The Kier molecular flexibility index (Phi) is 7.25. The number of aliphatic hydroxyl groups is 1. The maximum Gasteiger partial charge on any atom is 0.243 e. The van der Waals surface area contributed by atoms with Crippen LogP contribution in [0.3, 0.4) is 0 Å². The predicted molar refractivity (Wildman–Crippen MR) is 114 cm³/mol. The largest absolute Gasteiger partial charge is 0.489 e. The Balaban J connectivity index is 1.64. The second-order valence-electron chi connectivity index (χ2n) is 7.67. The zero-order valence-corrected chi connectivity index (χ0v) is 17.4. The molecule has 4 N–H and O–H groups in total. The number of ether oxygens (including phenoxy) is 1. The Bertz CT molecular complexity index is 934. The third kappa shape index (κ3) is 6.05. The number of primary amides is 1. The lowest BCUT2D eigenvalue weighted by molar-refractivity contribution is -0.138. The lowest BCUT2D eigenvalue weighted by atomic mass is 10.0. The summed E-state index contributed by atoms with van der Waals surface area (Å²) in [5, 5.41) is 12.5. The van der Waals surface area contributed by atoms with Crippen LogP contribution in [0.4, 0.5) is 0 Å². The molecule has 3 rings (SSSR count). The normalized spacial score (nSPS) is 19.0. The van der Waals surface area contributed by atoms with Crippen molar-refractivity contribution in [2.24, 2.45) is 5.73 Å². The molecule has 0 aromatic heterocycles. The van der Waals surface area contributed by atoms with Gasteiger partial charge in [0.2, 0.25) is 17.7 Å². The first-order valence-corrected chi connectivity index (χ1v) is 10.1. The molecule has 164 valence electrons. The Labute approximate surface area is 181 Å². The summed E-state index contributed by atoms with van der Waals surface area (Å²) in [6, 6.07) is 15.2. The molecule has 3 atom stereocenters. The smallest absolute Gasteiger partial charge is 0.243 e. The number of hydrogen-bond donors (Lipinski definition) is 3. The minimum atomic E-state index is -0.955. The number of likely N-dealkylation sites (tertiary alicyclic amines) is 1. The van der Waals surface area contributed by atoms with Crippen LogP contribution in [0.15, 0.2) is 54.6 Å². The Morgan fingerprint density at radius 1 is 1.16 bits per heavy atom. The highest BCUT2D eigenvalue weighted by molar-refractivity contribution is 5.91. The van der Waals surface area contributed by atoms with E-state index in [2.05, 4.69) is 5.32 Å². The van der Waals surface area contributed by atoms with Gasteiger partial charge in [0, 0.05) is 26.3 Å². The van der Waals surface area contributed by atoms with Crippen molar-refractivity contribution in [1.82, 2.24) is 10.2 Å². The highest BCUT2D eigenvalue weighted by atomic mass is 16.5. The number of amides is 3. The van der Waals surface area contributed by atoms with Crippen LogP contribution in [0.1, 0.15) is 24.5 Å². The van der Waals surface area contributed by atoms with Gasteiger partial charge in [-0.05, 0) is 23.3 Å². The Morgan fingerprint density at radius 3 is 2.55 bits per heavy atom. The van der Waals surface area contributed by atoms with E-state index in [9.17, 15) is 19.5 Å². The van der Waals surface area contributed by atoms with E-state index in [-0.39, 0.29) is 25.3 Å². The van der Waals surface area contributed by atoms with Gasteiger partial charge < -0.3 is 25.8 Å². The summed E-state index contributed by atoms with van der Waals surface area (Å²) >= 11 is 0. The van der Waals surface area contributed by atoms with E-state index in [1.165, 1.54) is 11.8 Å². The summed E-state index contributed by atoms with van der Waals surface area (Å²) in [5.41, 5.74) is 7.31. The predicted octanol–water partition coefficient (Wildman–Crippen LogP) is 0.760. The van der Waals surface area contributed by atoms with Crippen molar-refractivity contribution in [2.45, 2.75) is 44.6 Å². The van der Waals surface area contributed by atoms with Crippen LogP contribution in [-0.2, 0) is 27.4 Å². The molecule has 0 spiro atoms. The van der Waals surface area contributed by atoms with Gasteiger partial charge >= 0.3 is 0 Å². The second-order valence-corrected chi connectivity index (χ2v) is 7.67. The lowest BCUT2D eigenvalue weighted by Gasteiger charge is -2.24. The van der Waals surface area contributed by atoms with Crippen LogP contribution in [-0.4, -0.2) is 52.5 Å². The van der Waals surface area contributed by atoms with E-state index in [1.54, 1.807) is 12.1 Å². The number of carbonyl (C=O) groups is 3. The van der Waals surface area contributed by atoms with Crippen LogP contribution < -0.4 is 15.8 Å². The van der Waals surface area contributed by atoms with Crippen LogP contribution in [0, 0.1) is 0 Å². The molecule has 1 fully saturated rings. The average Bonchev–Trinajstić information content (AvgIpc) is 3.15. The minimum Gasteiger partial charge on any atom is -0.489 e. The standard InChI is InChI=1S/C23H27N3O5/c1-15(27)26-13-18(28)12-21(26)23(30)25-20(22(24)29)11-17-8-5-9-19(10-17)31-14-16-6-3-2-4-7-16/h2-10,18,20-21,28H,11-14H2,1H3,(H2,24,29)(H,25,30)/t18-,20+,21+/m1/s1. The number of nitrogens with one attached hydrogen (secondary N) is 1. The molecule has 8 nitrogen and oxygen atoms in total. The van der Waals surface area contributed by atoms with E-state index in [0.717, 1.165) is 11.1 Å². The van der Waals surface area contributed by atoms with Crippen LogP contribution in [0.25, 0.3) is 0 Å². The maximum atomic E-state index is 12.7. The number of carbonyl (C=O) groups excluding carboxylic acids is 3. The monoisotopic (exact) mass is 425 g/mol. The molecule has 0 radical (unpaired) electrons. The van der Waals surface area contributed by atoms with Gasteiger partial charge in [-0.15, -0.1) is 0 Å². The van der Waals surface area contributed by atoms with Gasteiger partial charge in [-0.25, -0.2) is 0 Å². The first-order valence-electron chi connectivity index (χ1n) is 10.1. The molecule has 0 unspecified atom stereocenters. The molecule has 3 amide bonds. The highest BCUT2D eigenvalue weighted by Gasteiger charge is 2.38. The topological polar surface area (TPSA) is 122 Å². The van der Waals surface area contributed by atoms with Crippen LogP contribution in [0.5, 0.6) is 5.75 Å². The fourth-order valence-corrected chi connectivity index (χ4v) is 3.64. The SMILES string of the molecule is CC(=O)N1C[C@H](O)C[C@H]1C(=O)N[C@@H](Cc1cccc(OCc2ccccc2)c1)C(N)=O. The van der Waals surface area contributed by atoms with Gasteiger partial charge in [0.15, 0.2) is 0 Å². The number of nitrogens with zero attached hydrogens (tertiary/aromatic N) is 1. The van der Waals surface area contributed by atoms with Crippen molar-refractivity contribution in [3.05, 3.63) is 65.7 Å². The molecule has 8 heteroatoms. The Hall–Kier alpha value is -3.39. The molecule has 1 aliphatic heterocycles. The summed E-state index contributed by atoms with van der Waals surface area (Å²) in [5.74, 6) is -0.864. The number of β-amino-alcohol motifs (C(OH)–C–C–N with tert-alkyl or cyclic N) is 1. The number of rotatable bonds is 8. The molecular weight excluding hydrogens is 398 g/mol. The average molecular weight is 425 g/mol. The zero-order chi connectivity index (χ0) is 22.4. The lowest BCUT2D eigenvalue weighted by Crippen LogP contribution is -2.52. The number of benzene rings is 2. The van der Waals surface area contributed by atoms with Crippen molar-refractivity contribution >= 4 is 17.7 Å². The summed E-state index contributed by atoms with van der Waals surface area (Å²) < 4.78 is 5.81. The zero-order valence-electron chi connectivity index (χ0n) is 17.4. The molecule has 31 heavy (non-hydrogen) atoms. The van der Waals surface area contributed by atoms with Crippen LogP contribution >= 0.6 is 0 Å². The third-order valence-corrected chi connectivity index (χ3v) is 5.23. The summed E-state index contributed by atoms with van der Waals surface area (Å²) in [6.45, 7) is 1.84. The van der Waals surface area contributed by atoms with Crippen LogP contribution in [0.2, 0.25) is 0 Å². The fourth-order valence-electron chi connectivity index (χ4n) is 3.64. The third-order valence-electron chi connectivity index (χ3n) is 5.23. The molecular formula is C23H27N3O5. The first kappa shape index (κ1) is 22.3. The summed E-state index contributed by atoms with van der Waals surface area (Å²) in [4.78, 5) is 37.7. The van der Waals surface area contributed by atoms with Gasteiger partial charge in [-0.1, -0.05) is 42.5 Å². The molecule has 2 aromatic carbocycles. The summed E-state index contributed by atoms with van der Waals surface area (Å²) in [6.07, 6.45) is -0.469. The summed E-state index contributed by atoms with van der Waals surface area (Å²) in [7, 11) is 0. The van der Waals surface area contributed by atoms with E-state index in [1.807, 2.05) is 42.5 Å². The van der Waals surface area contributed by atoms with E-state index in [4.69, 9.17) is 10.5 Å².